The van der Waals surface area contributed by atoms with Crippen molar-refractivity contribution in [3.63, 3.8) is 0 Å². The molecule has 21 heavy (non-hydrogen) atoms. The van der Waals surface area contributed by atoms with Gasteiger partial charge in [-0.2, -0.15) is 0 Å². The van der Waals surface area contributed by atoms with Crippen LogP contribution in [0.15, 0.2) is 5.16 Å². The predicted molar refractivity (Wildman–Crippen MR) is 80.6 cm³/mol. The van der Waals surface area contributed by atoms with Crippen molar-refractivity contribution in [2.24, 2.45) is 0 Å². The van der Waals surface area contributed by atoms with Gasteiger partial charge in [0.15, 0.2) is 5.16 Å². The number of fused-ring (bicyclic) bond motifs is 1. The molecule has 0 spiro atoms. The molecule has 2 atom stereocenters. The largest absolute Gasteiger partial charge is 0.481 e. The molecule has 1 aromatic heterocycles. The van der Waals surface area contributed by atoms with Crippen molar-refractivity contribution in [2.75, 3.05) is 18.8 Å². The zero-order chi connectivity index (χ0) is 14.8. The molecular weight excluding hydrogens is 288 g/mol. The zero-order valence-electron chi connectivity index (χ0n) is 12.4. The number of carboxylic acid groups (broad SMARTS) is 1. The lowest BCUT2D eigenvalue weighted by molar-refractivity contribution is -0.133. The molecular formula is C14H22N4O2S. The SMILES string of the molecule is CCc1nnc(SCC(=O)O)n1C1CCN2CCCC2C1. The number of aryl methyl sites for hydroxylation is 1. The van der Waals surface area contributed by atoms with Crippen LogP contribution in [-0.2, 0) is 11.2 Å². The Kier molecular flexibility index (Phi) is 4.49. The first-order valence-corrected chi connectivity index (χ1v) is 8.70. The lowest BCUT2D eigenvalue weighted by atomic mass is 9.97. The zero-order valence-corrected chi connectivity index (χ0v) is 13.2. The number of hydrogen-bond donors (Lipinski definition) is 1. The summed E-state index contributed by atoms with van der Waals surface area (Å²) in [6.45, 7) is 4.46. The van der Waals surface area contributed by atoms with Crippen LogP contribution in [0.25, 0.3) is 0 Å². The standard InChI is InChI=1S/C14H22N4O2S/c1-2-12-15-16-14(21-9-13(19)20)18(12)11-5-7-17-6-3-4-10(17)8-11/h10-11H,2-9H2,1H3,(H,19,20). The average Bonchev–Trinajstić information content (AvgIpc) is 3.10. The van der Waals surface area contributed by atoms with Gasteiger partial charge in [0, 0.05) is 25.0 Å². The number of aliphatic carboxylic acids is 1. The van der Waals surface area contributed by atoms with E-state index < -0.39 is 5.97 Å². The van der Waals surface area contributed by atoms with E-state index in [2.05, 4.69) is 26.6 Å². The molecule has 6 nitrogen and oxygen atoms in total. The van der Waals surface area contributed by atoms with Crippen LogP contribution in [0.2, 0.25) is 0 Å². The van der Waals surface area contributed by atoms with Gasteiger partial charge in [-0.25, -0.2) is 0 Å². The highest BCUT2D eigenvalue weighted by Gasteiger charge is 2.34. The molecule has 0 radical (unpaired) electrons. The normalized spacial score (nSPS) is 26.0. The van der Waals surface area contributed by atoms with Crippen LogP contribution in [0.1, 0.15) is 44.5 Å². The Morgan fingerprint density at radius 3 is 2.95 bits per heavy atom. The van der Waals surface area contributed by atoms with Gasteiger partial charge in [-0.05, 0) is 32.2 Å². The summed E-state index contributed by atoms with van der Waals surface area (Å²) >= 11 is 1.29. The van der Waals surface area contributed by atoms with Gasteiger partial charge in [0.05, 0.1) is 5.75 Å². The van der Waals surface area contributed by atoms with Gasteiger partial charge in [0.1, 0.15) is 5.82 Å². The van der Waals surface area contributed by atoms with Crippen LogP contribution in [0.5, 0.6) is 0 Å². The summed E-state index contributed by atoms with van der Waals surface area (Å²) in [6, 6.07) is 1.11. The van der Waals surface area contributed by atoms with Crippen molar-refractivity contribution in [3.8, 4) is 0 Å². The molecule has 0 aliphatic carbocycles. The Hall–Kier alpha value is -1.08. The molecule has 0 bridgehead atoms. The minimum Gasteiger partial charge on any atom is -0.481 e. The fourth-order valence-corrected chi connectivity index (χ4v) is 4.32. The molecule has 3 rings (SSSR count). The van der Waals surface area contributed by atoms with E-state index in [4.69, 9.17) is 5.11 Å². The van der Waals surface area contributed by atoms with Gasteiger partial charge in [-0.3, -0.25) is 4.79 Å². The van der Waals surface area contributed by atoms with E-state index in [1.54, 1.807) is 0 Å². The highest BCUT2D eigenvalue weighted by molar-refractivity contribution is 7.99. The fourth-order valence-electron chi connectivity index (χ4n) is 3.58. The summed E-state index contributed by atoms with van der Waals surface area (Å²) in [6.07, 6.45) is 5.69. The number of nitrogens with zero attached hydrogens (tertiary/aromatic N) is 4. The van der Waals surface area contributed by atoms with E-state index in [0.717, 1.165) is 36.8 Å². The van der Waals surface area contributed by atoms with Crippen LogP contribution < -0.4 is 0 Å². The summed E-state index contributed by atoms with van der Waals surface area (Å²) in [5.74, 6) is 0.224. The Labute approximate surface area is 128 Å². The highest BCUT2D eigenvalue weighted by Crippen LogP contribution is 2.35. The van der Waals surface area contributed by atoms with E-state index in [0.29, 0.717) is 12.1 Å². The molecule has 0 amide bonds. The number of aromatic nitrogens is 3. The maximum absolute atomic E-state index is 10.8. The van der Waals surface area contributed by atoms with E-state index in [1.165, 1.54) is 31.1 Å². The molecule has 2 unspecified atom stereocenters. The minimum atomic E-state index is -0.807. The number of carboxylic acids is 1. The summed E-state index contributed by atoms with van der Waals surface area (Å²) in [5, 5.41) is 18.1. The van der Waals surface area contributed by atoms with E-state index in [-0.39, 0.29) is 5.75 Å². The number of rotatable bonds is 5. The van der Waals surface area contributed by atoms with Crippen molar-refractivity contribution < 1.29 is 9.90 Å². The van der Waals surface area contributed by atoms with E-state index >= 15 is 0 Å². The Bertz CT molecular complexity index is 519. The lowest BCUT2D eigenvalue weighted by Crippen LogP contribution is -2.39. The fraction of sp³-hybridized carbons (Fsp3) is 0.786. The minimum absolute atomic E-state index is 0.0458. The third-order valence-electron chi connectivity index (χ3n) is 4.53. The molecule has 0 saturated carbocycles. The first kappa shape index (κ1) is 14.8. The number of thioether (sulfide) groups is 1. The maximum atomic E-state index is 10.8. The maximum Gasteiger partial charge on any atom is 0.313 e. The van der Waals surface area contributed by atoms with E-state index in [9.17, 15) is 4.79 Å². The molecule has 2 aliphatic heterocycles. The van der Waals surface area contributed by atoms with Crippen molar-refractivity contribution in [1.82, 2.24) is 19.7 Å². The summed E-state index contributed by atoms with van der Waals surface area (Å²) in [5.41, 5.74) is 0. The van der Waals surface area contributed by atoms with Gasteiger partial charge in [-0.1, -0.05) is 18.7 Å². The van der Waals surface area contributed by atoms with Crippen LogP contribution >= 0.6 is 11.8 Å². The molecule has 2 fully saturated rings. The lowest BCUT2D eigenvalue weighted by Gasteiger charge is -2.36. The topological polar surface area (TPSA) is 71.2 Å². The average molecular weight is 310 g/mol. The second kappa shape index (κ2) is 6.36. The summed E-state index contributed by atoms with van der Waals surface area (Å²) in [4.78, 5) is 13.4. The summed E-state index contributed by atoms with van der Waals surface area (Å²) in [7, 11) is 0. The third kappa shape index (κ3) is 3.08. The molecule has 3 heterocycles. The predicted octanol–water partition coefficient (Wildman–Crippen LogP) is 1.82. The van der Waals surface area contributed by atoms with Crippen molar-refractivity contribution in [2.45, 2.75) is 56.3 Å². The second-order valence-electron chi connectivity index (χ2n) is 5.81. The first-order valence-electron chi connectivity index (χ1n) is 7.71. The molecule has 0 aromatic carbocycles. The highest BCUT2D eigenvalue weighted by atomic mass is 32.2. The van der Waals surface area contributed by atoms with Crippen LogP contribution in [-0.4, -0.2) is 55.6 Å². The van der Waals surface area contributed by atoms with Gasteiger partial charge in [0.25, 0.3) is 0 Å². The smallest absolute Gasteiger partial charge is 0.313 e. The van der Waals surface area contributed by atoms with Gasteiger partial charge in [0.2, 0.25) is 0 Å². The summed E-state index contributed by atoms with van der Waals surface area (Å²) < 4.78 is 2.21. The quantitative estimate of drug-likeness (QED) is 0.837. The van der Waals surface area contributed by atoms with Gasteiger partial charge < -0.3 is 14.6 Å². The van der Waals surface area contributed by atoms with E-state index in [1.807, 2.05) is 0 Å². The molecule has 2 saturated heterocycles. The number of hydrogen-bond acceptors (Lipinski definition) is 5. The van der Waals surface area contributed by atoms with Crippen LogP contribution in [0.3, 0.4) is 0 Å². The monoisotopic (exact) mass is 310 g/mol. The molecule has 7 heteroatoms. The molecule has 1 N–H and O–H groups in total. The Morgan fingerprint density at radius 1 is 1.33 bits per heavy atom. The Balaban J connectivity index is 1.79. The molecule has 1 aromatic rings. The molecule has 116 valence electrons. The third-order valence-corrected chi connectivity index (χ3v) is 5.46. The van der Waals surface area contributed by atoms with Crippen LogP contribution in [0, 0.1) is 0 Å². The molecule has 2 aliphatic rings. The van der Waals surface area contributed by atoms with Crippen molar-refractivity contribution in [3.05, 3.63) is 5.82 Å². The van der Waals surface area contributed by atoms with Crippen molar-refractivity contribution in [1.29, 1.82) is 0 Å². The Morgan fingerprint density at radius 2 is 2.19 bits per heavy atom. The number of piperidine rings is 1. The van der Waals surface area contributed by atoms with Gasteiger partial charge in [-0.15, -0.1) is 10.2 Å². The van der Waals surface area contributed by atoms with Crippen LogP contribution in [0.4, 0.5) is 0 Å². The second-order valence-corrected chi connectivity index (χ2v) is 6.76. The van der Waals surface area contributed by atoms with Crippen molar-refractivity contribution >= 4 is 17.7 Å². The number of carbonyl (C=O) groups is 1. The first-order chi connectivity index (χ1) is 10.2. The van der Waals surface area contributed by atoms with Gasteiger partial charge >= 0.3 is 5.97 Å².